The molecule has 1 N–H and O–H groups in total. The van der Waals surface area contributed by atoms with Crippen molar-refractivity contribution in [2.45, 2.75) is 26.0 Å². The number of pyridine rings is 1. The van der Waals surface area contributed by atoms with Gasteiger partial charge < -0.3 is 9.46 Å². The van der Waals surface area contributed by atoms with E-state index in [1.807, 2.05) is 24.3 Å². The van der Waals surface area contributed by atoms with Crippen molar-refractivity contribution >= 4 is 23.9 Å². The Balaban J connectivity index is 2.03. The summed E-state index contributed by atoms with van der Waals surface area (Å²) in [5, 5.41) is 0.518. The Bertz CT molecular complexity index is 612. The molecule has 0 saturated carbocycles. The first-order valence-electron chi connectivity index (χ1n) is 6.71. The van der Waals surface area contributed by atoms with Crippen molar-refractivity contribution in [3.63, 3.8) is 0 Å². The highest BCUT2D eigenvalue weighted by Crippen LogP contribution is 2.24. The molecule has 2 rings (SSSR count). The lowest BCUT2D eigenvalue weighted by molar-refractivity contribution is 0.112. The number of benzene rings is 1. The van der Waals surface area contributed by atoms with Crippen molar-refractivity contribution in [3.8, 4) is 11.6 Å². The summed E-state index contributed by atoms with van der Waals surface area (Å²) < 4.78 is 8.94. The molecular formula is C16H18N2O2S. The van der Waals surface area contributed by atoms with Gasteiger partial charge in [0.2, 0.25) is 5.88 Å². The van der Waals surface area contributed by atoms with Gasteiger partial charge >= 0.3 is 0 Å². The second-order valence-electron chi connectivity index (χ2n) is 4.84. The van der Waals surface area contributed by atoms with Crippen LogP contribution in [0.2, 0.25) is 0 Å². The molecule has 1 aromatic carbocycles. The van der Waals surface area contributed by atoms with Crippen LogP contribution in [0.3, 0.4) is 0 Å². The Morgan fingerprint density at radius 1 is 1.19 bits per heavy atom. The Morgan fingerprint density at radius 2 is 1.90 bits per heavy atom. The molecule has 1 heterocycles. The third-order valence-electron chi connectivity index (χ3n) is 2.72. The van der Waals surface area contributed by atoms with Crippen LogP contribution in [0.5, 0.6) is 11.6 Å². The minimum atomic E-state index is 0.482. The van der Waals surface area contributed by atoms with E-state index in [4.69, 9.17) is 4.74 Å². The fourth-order valence-electron chi connectivity index (χ4n) is 1.63. The van der Waals surface area contributed by atoms with E-state index in [0.29, 0.717) is 28.1 Å². The predicted octanol–water partition coefficient (Wildman–Crippen LogP) is 4.46. The van der Waals surface area contributed by atoms with Gasteiger partial charge in [0, 0.05) is 22.6 Å². The summed E-state index contributed by atoms with van der Waals surface area (Å²) in [6, 6.07) is 11.1. The van der Waals surface area contributed by atoms with Crippen LogP contribution < -0.4 is 9.46 Å². The summed E-state index contributed by atoms with van der Waals surface area (Å²) in [4.78, 5) is 15.0. The standard InChI is InChI=1S/C16H18N2O2S/c1-11(2)21-18-14-5-7-15(8-6-14)20-16-9-4-13(10-19)12(3)17-16/h4-11,18H,1-3H3. The molecule has 0 atom stereocenters. The van der Waals surface area contributed by atoms with E-state index < -0.39 is 0 Å². The average molecular weight is 302 g/mol. The fraction of sp³-hybridized carbons (Fsp3) is 0.250. The monoisotopic (exact) mass is 302 g/mol. The highest BCUT2D eigenvalue weighted by molar-refractivity contribution is 8.01. The molecule has 110 valence electrons. The van der Waals surface area contributed by atoms with Gasteiger partial charge in [-0.25, -0.2) is 4.98 Å². The molecule has 21 heavy (non-hydrogen) atoms. The summed E-state index contributed by atoms with van der Waals surface area (Å²) in [6.45, 7) is 6.05. The fourth-order valence-corrected chi connectivity index (χ4v) is 2.14. The maximum Gasteiger partial charge on any atom is 0.219 e. The average Bonchev–Trinajstić information content (AvgIpc) is 2.47. The summed E-state index contributed by atoms with van der Waals surface area (Å²) >= 11 is 1.66. The number of aryl methyl sites for hydroxylation is 1. The highest BCUT2D eigenvalue weighted by atomic mass is 32.2. The summed E-state index contributed by atoms with van der Waals surface area (Å²) in [5.74, 6) is 1.19. The van der Waals surface area contributed by atoms with Gasteiger partial charge in [0.1, 0.15) is 5.75 Å². The molecule has 0 aliphatic carbocycles. The number of nitrogens with zero attached hydrogens (tertiary/aromatic N) is 1. The molecule has 0 amide bonds. The van der Waals surface area contributed by atoms with Crippen molar-refractivity contribution < 1.29 is 9.53 Å². The minimum Gasteiger partial charge on any atom is -0.439 e. The molecule has 0 radical (unpaired) electrons. The van der Waals surface area contributed by atoms with E-state index in [-0.39, 0.29) is 0 Å². The van der Waals surface area contributed by atoms with E-state index in [1.165, 1.54) is 0 Å². The quantitative estimate of drug-likeness (QED) is 0.630. The Hall–Kier alpha value is -2.01. The van der Waals surface area contributed by atoms with Gasteiger partial charge in [-0.1, -0.05) is 13.8 Å². The molecule has 0 fully saturated rings. The number of nitrogens with one attached hydrogen (secondary N) is 1. The van der Waals surface area contributed by atoms with Crippen LogP contribution in [0.15, 0.2) is 36.4 Å². The molecule has 0 saturated heterocycles. The van der Waals surface area contributed by atoms with Crippen LogP contribution >= 0.6 is 11.9 Å². The van der Waals surface area contributed by atoms with Crippen LogP contribution in [0.25, 0.3) is 0 Å². The van der Waals surface area contributed by atoms with E-state index in [2.05, 4.69) is 23.6 Å². The third-order valence-corrected chi connectivity index (χ3v) is 3.54. The lowest BCUT2D eigenvalue weighted by atomic mass is 10.2. The zero-order valence-electron chi connectivity index (χ0n) is 12.3. The normalized spacial score (nSPS) is 10.5. The first kappa shape index (κ1) is 15.4. The topological polar surface area (TPSA) is 51.2 Å². The first-order chi connectivity index (χ1) is 10.1. The molecule has 2 aromatic rings. The number of carbonyl (C=O) groups excluding carboxylic acids is 1. The van der Waals surface area contributed by atoms with Crippen LogP contribution in [-0.4, -0.2) is 16.5 Å². The van der Waals surface area contributed by atoms with Gasteiger partial charge in [0.25, 0.3) is 0 Å². The number of ether oxygens (including phenoxy) is 1. The zero-order chi connectivity index (χ0) is 15.2. The zero-order valence-corrected chi connectivity index (χ0v) is 13.1. The molecule has 0 aliphatic heterocycles. The van der Waals surface area contributed by atoms with Gasteiger partial charge in [0.15, 0.2) is 6.29 Å². The van der Waals surface area contributed by atoms with Crippen molar-refractivity contribution in [2.75, 3.05) is 4.72 Å². The van der Waals surface area contributed by atoms with Gasteiger partial charge in [-0.3, -0.25) is 4.79 Å². The lowest BCUT2D eigenvalue weighted by Gasteiger charge is -2.09. The SMILES string of the molecule is Cc1nc(Oc2ccc(NSC(C)C)cc2)ccc1C=O. The maximum atomic E-state index is 10.8. The number of hydrogen-bond acceptors (Lipinski definition) is 5. The maximum absolute atomic E-state index is 10.8. The largest absolute Gasteiger partial charge is 0.439 e. The first-order valence-corrected chi connectivity index (χ1v) is 7.59. The van der Waals surface area contributed by atoms with Crippen molar-refractivity contribution in [3.05, 3.63) is 47.7 Å². The second kappa shape index (κ2) is 7.13. The van der Waals surface area contributed by atoms with E-state index in [9.17, 15) is 4.79 Å². The van der Waals surface area contributed by atoms with Gasteiger partial charge in [-0.15, -0.1) is 0 Å². The summed E-state index contributed by atoms with van der Waals surface area (Å²) in [5.41, 5.74) is 2.27. The molecule has 4 nitrogen and oxygen atoms in total. The van der Waals surface area contributed by atoms with E-state index in [1.54, 1.807) is 31.0 Å². The highest BCUT2D eigenvalue weighted by Gasteiger charge is 2.03. The number of rotatable bonds is 6. The lowest BCUT2D eigenvalue weighted by Crippen LogP contribution is -1.95. The molecule has 0 aliphatic rings. The van der Waals surface area contributed by atoms with Gasteiger partial charge in [-0.05, 0) is 49.2 Å². The number of hydrogen-bond donors (Lipinski definition) is 1. The summed E-state index contributed by atoms with van der Waals surface area (Å²) in [6.07, 6.45) is 0.791. The predicted molar refractivity (Wildman–Crippen MR) is 87.2 cm³/mol. The second-order valence-corrected chi connectivity index (χ2v) is 6.22. The molecule has 5 heteroatoms. The van der Waals surface area contributed by atoms with Crippen molar-refractivity contribution in [1.29, 1.82) is 0 Å². The van der Waals surface area contributed by atoms with Gasteiger partial charge in [-0.2, -0.15) is 0 Å². The van der Waals surface area contributed by atoms with Gasteiger partial charge in [0.05, 0.1) is 5.69 Å². The smallest absolute Gasteiger partial charge is 0.219 e. The molecular weight excluding hydrogens is 284 g/mol. The number of carbonyl (C=O) groups is 1. The number of anilines is 1. The van der Waals surface area contributed by atoms with Crippen molar-refractivity contribution in [2.24, 2.45) is 0 Å². The number of aromatic nitrogens is 1. The molecule has 0 bridgehead atoms. The molecule has 0 spiro atoms. The van der Waals surface area contributed by atoms with Crippen LogP contribution in [0.1, 0.15) is 29.9 Å². The van der Waals surface area contributed by atoms with Crippen molar-refractivity contribution in [1.82, 2.24) is 4.98 Å². The Kier molecular flexibility index (Phi) is 5.22. The number of aldehydes is 1. The van der Waals surface area contributed by atoms with Crippen LogP contribution in [0, 0.1) is 6.92 Å². The Labute approximate surface area is 129 Å². The van der Waals surface area contributed by atoms with Crippen LogP contribution in [-0.2, 0) is 0 Å². The Morgan fingerprint density at radius 3 is 2.48 bits per heavy atom. The minimum absolute atomic E-state index is 0.482. The summed E-state index contributed by atoms with van der Waals surface area (Å²) in [7, 11) is 0. The molecule has 1 aromatic heterocycles. The van der Waals surface area contributed by atoms with Crippen LogP contribution in [0.4, 0.5) is 5.69 Å². The third kappa shape index (κ3) is 4.49. The molecule has 0 unspecified atom stereocenters. The van der Waals surface area contributed by atoms with E-state index in [0.717, 1.165) is 12.0 Å². The van der Waals surface area contributed by atoms with E-state index >= 15 is 0 Å².